The molecule has 0 radical (unpaired) electrons. The predicted octanol–water partition coefficient (Wildman–Crippen LogP) is 4.36. The third-order valence-corrected chi connectivity index (χ3v) is 4.63. The van der Waals surface area contributed by atoms with Crippen LogP contribution in [0.3, 0.4) is 0 Å². The van der Waals surface area contributed by atoms with Crippen LogP contribution in [0.1, 0.15) is 33.3 Å². The summed E-state index contributed by atoms with van der Waals surface area (Å²) in [5, 5.41) is 6.66. The first-order valence-corrected chi connectivity index (χ1v) is 10.4. The number of ether oxygens (including phenoxy) is 2. The van der Waals surface area contributed by atoms with Gasteiger partial charge in [0.15, 0.2) is 11.5 Å². The molecule has 160 valence electrons. The van der Waals surface area contributed by atoms with E-state index in [1.165, 1.54) is 13.1 Å². The van der Waals surface area contributed by atoms with E-state index < -0.39 is 17.7 Å². The average Bonchev–Trinajstić information content (AvgIpc) is 2.70. The van der Waals surface area contributed by atoms with Crippen molar-refractivity contribution in [2.24, 2.45) is 11.0 Å². The van der Waals surface area contributed by atoms with Gasteiger partial charge in [-0.1, -0.05) is 12.1 Å². The molecule has 2 N–H and O–H groups in total. The molecular weight excluding hydrogens is 450 g/mol. The molecule has 0 saturated heterocycles. The van der Waals surface area contributed by atoms with Crippen LogP contribution in [0.25, 0.3) is 0 Å². The fourth-order valence-corrected chi connectivity index (χ4v) is 2.80. The Labute approximate surface area is 185 Å². The minimum absolute atomic E-state index is 0.0205. The van der Waals surface area contributed by atoms with Crippen molar-refractivity contribution in [1.29, 1.82) is 0 Å². The summed E-state index contributed by atoms with van der Waals surface area (Å²) < 4.78 is 12.1. The van der Waals surface area contributed by atoms with E-state index in [2.05, 4.69) is 31.8 Å². The van der Waals surface area contributed by atoms with E-state index in [0.29, 0.717) is 23.8 Å². The van der Waals surface area contributed by atoms with Gasteiger partial charge in [0.25, 0.3) is 5.91 Å². The van der Waals surface area contributed by atoms with Gasteiger partial charge in [-0.2, -0.15) is 5.10 Å². The molecule has 0 heterocycles. The summed E-state index contributed by atoms with van der Waals surface area (Å²) in [5.74, 6) is -0.618. The molecule has 1 unspecified atom stereocenters. The van der Waals surface area contributed by atoms with Gasteiger partial charge in [0.1, 0.15) is 5.92 Å². The smallest absolute Gasteiger partial charge is 0.252 e. The monoisotopic (exact) mass is 475 g/mol. The number of nitrogens with zero attached hydrogens (tertiary/aromatic N) is 1. The Balaban J connectivity index is 1.98. The van der Waals surface area contributed by atoms with Gasteiger partial charge in [-0.3, -0.25) is 9.59 Å². The maximum absolute atomic E-state index is 12.3. The minimum atomic E-state index is -0.921. The number of benzene rings is 2. The molecule has 0 spiro atoms. The fraction of sp³-hybridized carbons (Fsp3) is 0.318. The number of carbonyl (C=O) groups is 2. The van der Waals surface area contributed by atoms with Gasteiger partial charge in [-0.05, 0) is 79.5 Å². The van der Waals surface area contributed by atoms with E-state index >= 15 is 0 Å². The van der Waals surface area contributed by atoms with Crippen molar-refractivity contribution < 1.29 is 19.1 Å². The van der Waals surface area contributed by atoms with E-state index in [1.807, 2.05) is 26.8 Å². The average molecular weight is 476 g/mol. The topological polar surface area (TPSA) is 89.0 Å². The highest BCUT2D eigenvalue weighted by Crippen LogP contribution is 2.29. The van der Waals surface area contributed by atoms with Crippen molar-refractivity contribution in [2.45, 2.75) is 33.8 Å². The van der Waals surface area contributed by atoms with E-state index in [1.54, 1.807) is 36.4 Å². The minimum Gasteiger partial charge on any atom is -0.490 e. The lowest BCUT2D eigenvalue weighted by molar-refractivity contribution is -0.131. The van der Waals surface area contributed by atoms with Crippen LogP contribution in [0.2, 0.25) is 0 Å². The molecule has 0 aliphatic heterocycles. The van der Waals surface area contributed by atoms with Crippen LogP contribution < -0.4 is 20.2 Å². The van der Waals surface area contributed by atoms with Crippen LogP contribution in [-0.2, 0) is 9.59 Å². The van der Waals surface area contributed by atoms with Crippen LogP contribution in [0, 0.1) is 5.92 Å². The van der Waals surface area contributed by atoms with Crippen LogP contribution >= 0.6 is 15.9 Å². The number of anilines is 1. The zero-order valence-electron chi connectivity index (χ0n) is 17.4. The van der Waals surface area contributed by atoms with Gasteiger partial charge in [0, 0.05) is 4.47 Å². The second-order valence-corrected chi connectivity index (χ2v) is 7.59. The number of rotatable bonds is 9. The van der Waals surface area contributed by atoms with Crippen molar-refractivity contribution >= 4 is 39.6 Å². The van der Waals surface area contributed by atoms with Crippen molar-refractivity contribution in [1.82, 2.24) is 5.43 Å². The highest BCUT2D eigenvalue weighted by Gasteiger charge is 2.21. The summed E-state index contributed by atoms with van der Waals surface area (Å²) in [6.45, 7) is 7.78. The molecule has 0 aliphatic rings. The molecule has 8 heteroatoms. The molecule has 2 aromatic carbocycles. The first kappa shape index (κ1) is 23.4. The van der Waals surface area contributed by atoms with Crippen molar-refractivity contribution in [2.75, 3.05) is 11.9 Å². The SMILES string of the molecule is CCOc1cc(C=NNC(=O)C(C)C(=O)Nc2ccccc2Br)ccc1OC(C)C. The molecule has 0 fully saturated rings. The number of para-hydroxylation sites is 1. The number of amides is 2. The summed E-state index contributed by atoms with van der Waals surface area (Å²) in [5.41, 5.74) is 3.71. The van der Waals surface area contributed by atoms with Gasteiger partial charge in [0.05, 0.1) is 24.6 Å². The maximum atomic E-state index is 12.3. The van der Waals surface area contributed by atoms with Crippen LogP contribution in [-0.4, -0.2) is 30.7 Å². The molecule has 7 nitrogen and oxygen atoms in total. The number of hydrogen-bond acceptors (Lipinski definition) is 5. The zero-order chi connectivity index (χ0) is 22.1. The lowest BCUT2D eigenvalue weighted by atomic mass is 10.1. The molecule has 2 aromatic rings. The lowest BCUT2D eigenvalue weighted by Crippen LogP contribution is -2.34. The number of hydrazone groups is 1. The Bertz CT molecular complexity index is 915. The molecule has 0 saturated carbocycles. The van der Waals surface area contributed by atoms with E-state index in [9.17, 15) is 9.59 Å². The fourth-order valence-electron chi connectivity index (χ4n) is 2.41. The maximum Gasteiger partial charge on any atom is 0.252 e. The third kappa shape index (κ3) is 6.88. The Morgan fingerprint density at radius 2 is 1.83 bits per heavy atom. The molecule has 0 aromatic heterocycles. The highest BCUT2D eigenvalue weighted by atomic mass is 79.9. The summed E-state index contributed by atoms with van der Waals surface area (Å²) in [6.07, 6.45) is 1.50. The summed E-state index contributed by atoms with van der Waals surface area (Å²) in [6, 6.07) is 12.6. The number of nitrogens with one attached hydrogen (secondary N) is 2. The van der Waals surface area contributed by atoms with Gasteiger partial charge in [-0.25, -0.2) is 5.43 Å². The van der Waals surface area contributed by atoms with E-state index in [4.69, 9.17) is 9.47 Å². The molecule has 0 bridgehead atoms. The second kappa shape index (κ2) is 11.3. The Morgan fingerprint density at radius 3 is 2.50 bits per heavy atom. The van der Waals surface area contributed by atoms with E-state index in [-0.39, 0.29) is 6.10 Å². The lowest BCUT2D eigenvalue weighted by Gasteiger charge is -2.14. The number of hydrogen-bond donors (Lipinski definition) is 2. The second-order valence-electron chi connectivity index (χ2n) is 6.73. The van der Waals surface area contributed by atoms with Gasteiger partial charge in [-0.15, -0.1) is 0 Å². The third-order valence-electron chi connectivity index (χ3n) is 3.94. The normalized spacial score (nSPS) is 11.9. The predicted molar refractivity (Wildman–Crippen MR) is 121 cm³/mol. The van der Waals surface area contributed by atoms with Crippen molar-refractivity contribution in [3.8, 4) is 11.5 Å². The first-order valence-electron chi connectivity index (χ1n) is 9.63. The first-order chi connectivity index (χ1) is 14.3. The highest BCUT2D eigenvalue weighted by molar-refractivity contribution is 9.10. The van der Waals surface area contributed by atoms with Crippen LogP contribution in [0.5, 0.6) is 11.5 Å². The molecule has 30 heavy (non-hydrogen) atoms. The van der Waals surface area contributed by atoms with E-state index in [0.717, 1.165) is 10.0 Å². The molecular formula is C22H26BrN3O4. The molecule has 2 rings (SSSR count). The van der Waals surface area contributed by atoms with Crippen molar-refractivity contribution in [3.05, 3.63) is 52.5 Å². The summed E-state index contributed by atoms with van der Waals surface area (Å²) in [4.78, 5) is 24.6. The zero-order valence-corrected chi connectivity index (χ0v) is 19.0. The molecule has 2 amide bonds. The standard InChI is InChI=1S/C22H26BrN3O4/c1-5-29-20-12-16(10-11-19(20)30-14(2)3)13-24-26-22(28)15(4)21(27)25-18-9-7-6-8-17(18)23/h6-15H,5H2,1-4H3,(H,25,27)(H,26,28). The number of carbonyl (C=O) groups excluding carboxylic acids is 2. The summed E-state index contributed by atoms with van der Waals surface area (Å²) >= 11 is 3.36. The largest absolute Gasteiger partial charge is 0.490 e. The molecule has 0 aliphatic carbocycles. The number of halogens is 1. The van der Waals surface area contributed by atoms with Crippen LogP contribution in [0.4, 0.5) is 5.69 Å². The Morgan fingerprint density at radius 1 is 1.10 bits per heavy atom. The van der Waals surface area contributed by atoms with Gasteiger partial charge >= 0.3 is 0 Å². The quantitative estimate of drug-likeness (QED) is 0.320. The molecule has 1 atom stereocenters. The summed E-state index contributed by atoms with van der Waals surface area (Å²) in [7, 11) is 0. The Kier molecular flexibility index (Phi) is 8.86. The van der Waals surface area contributed by atoms with Gasteiger partial charge in [0.2, 0.25) is 5.91 Å². The van der Waals surface area contributed by atoms with Gasteiger partial charge < -0.3 is 14.8 Å². The van der Waals surface area contributed by atoms with Crippen LogP contribution in [0.15, 0.2) is 52.0 Å². The Hall–Kier alpha value is -2.87. The van der Waals surface area contributed by atoms with Crippen molar-refractivity contribution in [3.63, 3.8) is 0 Å².